The third kappa shape index (κ3) is 3.43. The maximum Gasteiger partial charge on any atom is 0.229 e. The van der Waals surface area contributed by atoms with E-state index in [1.165, 1.54) is 11.3 Å². The van der Waals surface area contributed by atoms with Crippen LogP contribution in [0.3, 0.4) is 0 Å². The summed E-state index contributed by atoms with van der Waals surface area (Å²) in [6.45, 7) is 2.85. The minimum Gasteiger partial charge on any atom is -0.495 e. The molecule has 1 aliphatic rings. The van der Waals surface area contributed by atoms with Crippen molar-refractivity contribution < 1.29 is 9.47 Å². The molecule has 7 heteroatoms. The average Bonchev–Trinajstić information content (AvgIpc) is 3.12. The number of benzene rings is 2. The highest BCUT2D eigenvalue weighted by Crippen LogP contribution is 2.38. The molecule has 0 saturated heterocycles. The van der Waals surface area contributed by atoms with Gasteiger partial charge in [-0.2, -0.15) is 4.98 Å². The van der Waals surface area contributed by atoms with Gasteiger partial charge in [-0.05, 0) is 25.0 Å². The van der Waals surface area contributed by atoms with E-state index in [0.29, 0.717) is 28.2 Å². The third-order valence-corrected chi connectivity index (χ3v) is 5.02. The van der Waals surface area contributed by atoms with Crippen LogP contribution in [0.5, 0.6) is 11.5 Å². The molecule has 0 radical (unpaired) electrons. The summed E-state index contributed by atoms with van der Waals surface area (Å²) in [5.74, 6) is 2.48. The van der Waals surface area contributed by atoms with Gasteiger partial charge in [0.15, 0.2) is 0 Å². The van der Waals surface area contributed by atoms with Gasteiger partial charge in [0.25, 0.3) is 0 Å². The smallest absolute Gasteiger partial charge is 0.229 e. The first-order valence-corrected chi connectivity index (χ1v) is 9.36. The summed E-state index contributed by atoms with van der Waals surface area (Å²) in [7, 11) is 3.16. The fourth-order valence-corrected chi connectivity index (χ4v) is 3.63. The standard InChI is InChI=1S/C21H21ClN4O2/c1-13-10-20(26-9-8-14-6-4-5-7-17(14)26)25-21(23-13)24-16-12-18(27-2)15(22)11-19(16)28-3/h4-7,10-12H,8-9H2,1-3H3,(H,23,24,25). The second kappa shape index (κ2) is 7.56. The summed E-state index contributed by atoms with van der Waals surface area (Å²) in [5, 5.41) is 3.72. The molecule has 1 N–H and O–H groups in total. The minimum absolute atomic E-state index is 0.476. The first kappa shape index (κ1) is 18.4. The van der Waals surface area contributed by atoms with Crippen LogP contribution in [0.15, 0.2) is 42.5 Å². The van der Waals surface area contributed by atoms with E-state index in [-0.39, 0.29) is 0 Å². The zero-order chi connectivity index (χ0) is 19.7. The molecule has 0 amide bonds. The number of nitrogens with zero attached hydrogens (tertiary/aromatic N) is 3. The van der Waals surface area contributed by atoms with Crippen LogP contribution in [0.1, 0.15) is 11.3 Å². The van der Waals surface area contributed by atoms with E-state index in [4.69, 9.17) is 26.1 Å². The monoisotopic (exact) mass is 396 g/mol. The molecule has 28 heavy (non-hydrogen) atoms. The van der Waals surface area contributed by atoms with Crippen molar-refractivity contribution >= 4 is 34.7 Å². The minimum atomic E-state index is 0.476. The molecule has 1 aromatic heterocycles. The van der Waals surface area contributed by atoms with Crippen LogP contribution in [0.2, 0.25) is 5.02 Å². The average molecular weight is 397 g/mol. The molecule has 2 aromatic carbocycles. The molecule has 0 atom stereocenters. The number of halogens is 1. The number of fused-ring (bicyclic) bond motifs is 1. The van der Waals surface area contributed by atoms with Gasteiger partial charge in [-0.15, -0.1) is 0 Å². The van der Waals surface area contributed by atoms with E-state index in [2.05, 4.69) is 39.5 Å². The third-order valence-electron chi connectivity index (χ3n) is 4.72. The topological polar surface area (TPSA) is 59.5 Å². The number of methoxy groups -OCH3 is 2. The van der Waals surface area contributed by atoms with Crippen LogP contribution in [-0.2, 0) is 6.42 Å². The molecule has 0 fully saturated rings. The van der Waals surface area contributed by atoms with Gasteiger partial charge in [0, 0.05) is 36.1 Å². The first-order chi connectivity index (χ1) is 13.6. The summed E-state index contributed by atoms with van der Waals surface area (Å²) in [5.41, 5.74) is 4.08. The van der Waals surface area contributed by atoms with E-state index >= 15 is 0 Å². The molecule has 3 aromatic rings. The van der Waals surface area contributed by atoms with Crippen molar-refractivity contribution in [1.82, 2.24) is 9.97 Å². The molecular weight excluding hydrogens is 376 g/mol. The van der Waals surface area contributed by atoms with Crippen LogP contribution in [0.4, 0.5) is 23.1 Å². The van der Waals surface area contributed by atoms with Gasteiger partial charge < -0.3 is 19.7 Å². The lowest BCUT2D eigenvalue weighted by Crippen LogP contribution is -2.16. The molecule has 0 bridgehead atoms. The van der Waals surface area contributed by atoms with Crippen molar-refractivity contribution in [3.63, 3.8) is 0 Å². The zero-order valence-corrected chi connectivity index (χ0v) is 16.7. The molecule has 0 unspecified atom stereocenters. The van der Waals surface area contributed by atoms with Crippen molar-refractivity contribution in [3.05, 3.63) is 58.7 Å². The summed E-state index contributed by atoms with van der Waals surface area (Å²) in [6, 6.07) is 13.9. The zero-order valence-electron chi connectivity index (χ0n) is 16.0. The van der Waals surface area contributed by atoms with Crippen molar-refractivity contribution in [3.8, 4) is 11.5 Å². The van der Waals surface area contributed by atoms with Crippen molar-refractivity contribution in [2.45, 2.75) is 13.3 Å². The van der Waals surface area contributed by atoms with Crippen molar-refractivity contribution in [2.24, 2.45) is 0 Å². The number of anilines is 4. The number of hydrogen-bond acceptors (Lipinski definition) is 6. The Morgan fingerprint density at radius 3 is 2.61 bits per heavy atom. The van der Waals surface area contributed by atoms with Gasteiger partial charge in [0.2, 0.25) is 5.95 Å². The maximum atomic E-state index is 6.20. The fourth-order valence-electron chi connectivity index (χ4n) is 3.40. The number of rotatable bonds is 5. The van der Waals surface area contributed by atoms with Crippen molar-refractivity contribution in [2.75, 3.05) is 31.0 Å². The molecule has 0 spiro atoms. The predicted octanol–water partition coefficient (Wildman–Crippen LogP) is 4.89. The largest absolute Gasteiger partial charge is 0.495 e. The normalized spacial score (nSPS) is 12.6. The highest BCUT2D eigenvalue weighted by molar-refractivity contribution is 6.32. The van der Waals surface area contributed by atoms with E-state index < -0.39 is 0 Å². The molecule has 2 heterocycles. The Morgan fingerprint density at radius 2 is 1.82 bits per heavy atom. The van der Waals surface area contributed by atoms with Gasteiger partial charge in [-0.25, -0.2) is 4.98 Å². The number of ether oxygens (including phenoxy) is 2. The Kier molecular flexibility index (Phi) is 4.96. The lowest BCUT2D eigenvalue weighted by molar-refractivity contribution is 0.405. The fraction of sp³-hybridized carbons (Fsp3) is 0.238. The Bertz CT molecular complexity index is 1030. The van der Waals surface area contributed by atoms with Crippen LogP contribution in [0.25, 0.3) is 0 Å². The first-order valence-electron chi connectivity index (χ1n) is 8.98. The lowest BCUT2D eigenvalue weighted by atomic mass is 10.2. The van der Waals surface area contributed by atoms with Gasteiger partial charge in [0.05, 0.1) is 24.9 Å². The molecule has 6 nitrogen and oxygen atoms in total. The van der Waals surface area contributed by atoms with Crippen LogP contribution < -0.4 is 19.7 Å². The summed E-state index contributed by atoms with van der Waals surface area (Å²) in [4.78, 5) is 11.5. The van der Waals surface area contributed by atoms with Gasteiger partial charge in [0.1, 0.15) is 17.3 Å². The number of hydrogen-bond donors (Lipinski definition) is 1. The number of para-hydroxylation sites is 1. The second-order valence-electron chi connectivity index (χ2n) is 6.53. The highest BCUT2D eigenvalue weighted by atomic mass is 35.5. The van der Waals surface area contributed by atoms with E-state index in [1.54, 1.807) is 26.4 Å². The summed E-state index contributed by atoms with van der Waals surface area (Å²) >= 11 is 6.20. The Hall–Kier alpha value is -2.99. The SMILES string of the molecule is COc1cc(Nc2nc(C)cc(N3CCc4ccccc43)n2)c(OC)cc1Cl. The van der Waals surface area contributed by atoms with Gasteiger partial charge in [-0.1, -0.05) is 29.8 Å². The summed E-state index contributed by atoms with van der Waals surface area (Å²) in [6.07, 6.45) is 1.00. The Morgan fingerprint density at radius 1 is 1.04 bits per heavy atom. The quantitative estimate of drug-likeness (QED) is 0.662. The molecule has 0 aliphatic carbocycles. The van der Waals surface area contributed by atoms with E-state index in [9.17, 15) is 0 Å². The second-order valence-corrected chi connectivity index (χ2v) is 6.94. The summed E-state index contributed by atoms with van der Waals surface area (Å²) < 4.78 is 10.8. The maximum absolute atomic E-state index is 6.20. The number of aromatic nitrogens is 2. The van der Waals surface area contributed by atoms with Crippen molar-refractivity contribution in [1.29, 1.82) is 0 Å². The Balaban J connectivity index is 1.70. The van der Waals surface area contributed by atoms with Crippen LogP contribution in [-0.4, -0.2) is 30.7 Å². The van der Waals surface area contributed by atoms with Crippen LogP contribution >= 0.6 is 11.6 Å². The van der Waals surface area contributed by atoms with E-state index in [1.807, 2.05) is 13.0 Å². The molecule has 4 rings (SSSR count). The van der Waals surface area contributed by atoms with Crippen LogP contribution in [0, 0.1) is 6.92 Å². The molecule has 1 aliphatic heterocycles. The molecule has 144 valence electrons. The number of aryl methyl sites for hydroxylation is 1. The predicted molar refractivity (Wildman–Crippen MR) is 112 cm³/mol. The number of nitrogens with one attached hydrogen (secondary N) is 1. The van der Waals surface area contributed by atoms with Gasteiger partial charge >= 0.3 is 0 Å². The van der Waals surface area contributed by atoms with Gasteiger partial charge in [-0.3, -0.25) is 0 Å². The van der Waals surface area contributed by atoms with E-state index in [0.717, 1.165) is 24.5 Å². The molecular formula is C21H21ClN4O2. The molecule has 0 saturated carbocycles. The Labute approximate surface area is 169 Å². The lowest BCUT2D eigenvalue weighted by Gasteiger charge is -2.20. The highest BCUT2D eigenvalue weighted by Gasteiger charge is 2.22.